The van der Waals surface area contributed by atoms with Crippen LogP contribution in [0.25, 0.3) is 0 Å². The SMILES string of the molecule is CCC1CCCN(CCC(=O)c2ccccc2Cl)CC1. The fraction of sp³-hybridized carbons (Fsp3) is 0.588. The first-order chi connectivity index (χ1) is 9.70. The van der Waals surface area contributed by atoms with E-state index >= 15 is 0 Å². The standard InChI is InChI=1S/C17H24ClNO/c1-2-14-6-5-11-19(12-9-14)13-10-17(20)15-7-3-4-8-16(15)18/h3-4,7-8,14H,2,5-6,9-13H2,1H3. The molecule has 1 aliphatic rings. The molecule has 0 amide bonds. The molecule has 0 aromatic heterocycles. The van der Waals surface area contributed by atoms with Crippen molar-refractivity contribution in [2.24, 2.45) is 5.92 Å². The van der Waals surface area contributed by atoms with E-state index in [1.807, 2.05) is 18.2 Å². The van der Waals surface area contributed by atoms with Crippen LogP contribution in [0.2, 0.25) is 5.02 Å². The van der Waals surface area contributed by atoms with Crippen molar-refractivity contribution in [2.45, 2.75) is 39.0 Å². The van der Waals surface area contributed by atoms with Crippen molar-refractivity contribution < 1.29 is 4.79 Å². The zero-order valence-corrected chi connectivity index (χ0v) is 13.0. The van der Waals surface area contributed by atoms with Crippen LogP contribution in [0.5, 0.6) is 0 Å². The van der Waals surface area contributed by atoms with Gasteiger partial charge in [-0.3, -0.25) is 4.79 Å². The van der Waals surface area contributed by atoms with E-state index in [1.54, 1.807) is 6.07 Å². The van der Waals surface area contributed by atoms with Crippen molar-refractivity contribution in [2.75, 3.05) is 19.6 Å². The van der Waals surface area contributed by atoms with Gasteiger partial charge in [0.05, 0.1) is 5.02 Å². The van der Waals surface area contributed by atoms with Crippen molar-refractivity contribution in [3.63, 3.8) is 0 Å². The van der Waals surface area contributed by atoms with Gasteiger partial charge in [0.1, 0.15) is 0 Å². The van der Waals surface area contributed by atoms with E-state index in [4.69, 9.17) is 11.6 Å². The van der Waals surface area contributed by atoms with Crippen LogP contribution < -0.4 is 0 Å². The lowest BCUT2D eigenvalue weighted by atomic mass is 9.98. The van der Waals surface area contributed by atoms with Gasteiger partial charge in [-0.05, 0) is 50.4 Å². The van der Waals surface area contributed by atoms with E-state index in [2.05, 4.69) is 11.8 Å². The summed E-state index contributed by atoms with van der Waals surface area (Å²) in [6.07, 6.45) is 5.73. The quantitative estimate of drug-likeness (QED) is 0.749. The number of carbonyl (C=O) groups excluding carboxylic acids is 1. The van der Waals surface area contributed by atoms with Crippen molar-refractivity contribution in [1.82, 2.24) is 4.90 Å². The van der Waals surface area contributed by atoms with Gasteiger partial charge in [-0.1, -0.05) is 37.1 Å². The molecule has 1 fully saturated rings. The molecule has 1 heterocycles. The maximum absolute atomic E-state index is 12.2. The number of Topliss-reactive ketones (excluding diaryl/α,β-unsaturated/α-hetero) is 1. The zero-order chi connectivity index (χ0) is 14.4. The number of carbonyl (C=O) groups is 1. The molecule has 0 N–H and O–H groups in total. The number of likely N-dealkylation sites (tertiary alicyclic amines) is 1. The zero-order valence-electron chi connectivity index (χ0n) is 12.3. The van der Waals surface area contributed by atoms with Crippen LogP contribution in [-0.4, -0.2) is 30.3 Å². The molecule has 0 saturated carbocycles. The summed E-state index contributed by atoms with van der Waals surface area (Å²) in [5.41, 5.74) is 0.662. The minimum atomic E-state index is 0.159. The summed E-state index contributed by atoms with van der Waals surface area (Å²) in [5, 5.41) is 0.569. The van der Waals surface area contributed by atoms with Crippen LogP contribution in [0.1, 0.15) is 49.4 Å². The van der Waals surface area contributed by atoms with E-state index in [0.29, 0.717) is 17.0 Å². The maximum Gasteiger partial charge on any atom is 0.165 e. The molecule has 0 aliphatic carbocycles. The first-order valence-electron chi connectivity index (χ1n) is 7.70. The van der Waals surface area contributed by atoms with Crippen LogP contribution in [0.15, 0.2) is 24.3 Å². The molecule has 1 aromatic carbocycles. The third-order valence-corrected chi connectivity index (χ3v) is 4.68. The number of benzene rings is 1. The number of nitrogens with zero attached hydrogens (tertiary/aromatic N) is 1. The molecular formula is C17H24ClNO. The fourth-order valence-electron chi connectivity index (χ4n) is 2.94. The molecule has 2 rings (SSSR count). The Balaban J connectivity index is 1.83. The predicted octanol–water partition coefficient (Wildman–Crippen LogP) is 4.42. The summed E-state index contributed by atoms with van der Waals surface area (Å²) in [4.78, 5) is 14.6. The van der Waals surface area contributed by atoms with Gasteiger partial charge in [-0.15, -0.1) is 0 Å². The second kappa shape index (κ2) is 7.80. The minimum absolute atomic E-state index is 0.159. The predicted molar refractivity (Wildman–Crippen MR) is 84.5 cm³/mol. The Morgan fingerprint density at radius 1 is 1.30 bits per heavy atom. The summed E-state index contributed by atoms with van der Waals surface area (Å²) in [5.74, 6) is 1.03. The van der Waals surface area contributed by atoms with Gasteiger partial charge >= 0.3 is 0 Å². The van der Waals surface area contributed by atoms with Crippen molar-refractivity contribution in [3.8, 4) is 0 Å². The molecule has 2 nitrogen and oxygen atoms in total. The van der Waals surface area contributed by atoms with Gasteiger partial charge in [0.15, 0.2) is 5.78 Å². The minimum Gasteiger partial charge on any atom is -0.303 e. The molecule has 110 valence electrons. The van der Waals surface area contributed by atoms with Crippen LogP contribution >= 0.6 is 11.6 Å². The van der Waals surface area contributed by atoms with E-state index in [1.165, 1.54) is 25.7 Å². The molecule has 3 heteroatoms. The van der Waals surface area contributed by atoms with Crippen LogP contribution in [-0.2, 0) is 0 Å². The lowest BCUT2D eigenvalue weighted by molar-refractivity contribution is 0.0965. The molecule has 0 spiro atoms. The van der Waals surface area contributed by atoms with Crippen LogP contribution in [0.3, 0.4) is 0 Å². The molecule has 1 aliphatic heterocycles. The molecule has 1 aromatic rings. The lowest BCUT2D eigenvalue weighted by Crippen LogP contribution is -2.27. The van der Waals surface area contributed by atoms with Crippen LogP contribution in [0.4, 0.5) is 0 Å². The van der Waals surface area contributed by atoms with E-state index < -0.39 is 0 Å². The number of hydrogen-bond acceptors (Lipinski definition) is 2. The summed E-state index contributed by atoms with van der Waals surface area (Å²) in [7, 11) is 0. The van der Waals surface area contributed by atoms with Crippen molar-refractivity contribution in [1.29, 1.82) is 0 Å². The second-order valence-corrected chi connectivity index (χ2v) is 6.11. The van der Waals surface area contributed by atoms with Gasteiger partial charge in [-0.25, -0.2) is 0 Å². The Labute approximate surface area is 127 Å². The molecule has 0 bridgehead atoms. The maximum atomic E-state index is 12.2. The largest absolute Gasteiger partial charge is 0.303 e. The Hall–Kier alpha value is -0.860. The fourth-order valence-corrected chi connectivity index (χ4v) is 3.18. The summed E-state index contributed by atoms with van der Waals surface area (Å²) < 4.78 is 0. The number of hydrogen-bond donors (Lipinski definition) is 0. The Kier molecular flexibility index (Phi) is 6.06. The topological polar surface area (TPSA) is 20.3 Å². The highest BCUT2D eigenvalue weighted by Crippen LogP contribution is 2.21. The number of halogens is 1. The van der Waals surface area contributed by atoms with E-state index in [9.17, 15) is 4.79 Å². The normalized spacial score (nSPS) is 20.6. The number of rotatable bonds is 5. The Bertz CT molecular complexity index is 446. The smallest absolute Gasteiger partial charge is 0.165 e. The molecule has 20 heavy (non-hydrogen) atoms. The van der Waals surface area contributed by atoms with Gasteiger partial charge in [0, 0.05) is 18.5 Å². The Morgan fingerprint density at radius 3 is 2.85 bits per heavy atom. The summed E-state index contributed by atoms with van der Waals surface area (Å²) in [6, 6.07) is 7.34. The molecule has 0 radical (unpaired) electrons. The van der Waals surface area contributed by atoms with Gasteiger partial charge in [-0.2, -0.15) is 0 Å². The van der Waals surface area contributed by atoms with Crippen molar-refractivity contribution in [3.05, 3.63) is 34.9 Å². The van der Waals surface area contributed by atoms with E-state index in [0.717, 1.165) is 25.6 Å². The van der Waals surface area contributed by atoms with Gasteiger partial charge < -0.3 is 4.90 Å². The number of ketones is 1. The third kappa shape index (κ3) is 4.32. The highest BCUT2D eigenvalue weighted by atomic mass is 35.5. The average molecular weight is 294 g/mol. The van der Waals surface area contributed by atoms with E-state index in [-0.39, 0.29) is 5.78 Å². The second-order valence-electron chi connectivity index (χ2n) is 5.70. The molecular weight excluding hydrogens is 270 g/mol. The monoisotopic (exact) mass is 293 g/mol. The highest BCUT2D eigenvalue weighted by Gasteiger charge is 2.17. The lowest BCUT2D eigenvalue weighted by Gasteiger charge is -2.19. The average Bonchev–Trinajstić information content (AvgIpc) is 2.70. The van der Waals surface area contributed by atoms with Crippen LogP contribution in [0, 0.1) is 5.92 Å². The highest BCUT2D eigenvalue weighted by molar-refractivity contribution is 6.33. The summed E-state index contributed by atoms with van der Waals surface area (Å²) in [6.45, 7) is 5.41. The first-order valence-corrected chi connectivity index (χ1v) is 8.08. The molecule has 1 atom stereocenters. The molecule has 1 saturated heterocycles. The van der Waals surface area contributed by atoms with Gasteiger partial charge in [0.25, 0.3) is 0 Å². The first kappa shape index (κ1) is 15.5. The van der Waals surface area contributed by atoms with Gasteiger partial charge in [0.2, 0.25) is 0 Å². The third-order valence-electron chi connectivity index (χ3n) is 4.35. The Morgan fingerprint density at radius 2 is 2.10 bits per heavy atom. The van der Waals surface area contributed by atoms with Crippen molar-refractivity contribution >= 4 is 17.4 Å². The molecule has 1 unspecified atom stereocenters. The summed E-state index contributed by atoms with van der Waals surface area (Å²) >= 11 is 6.07.